The minimum absolute atomic E-state index is 0.228. The zero-order valence-corrected chi connectivity index (χ0v) is 16.2. The van der Waals surface area contributed by atoms with Crippen LogP contribution in [0.1, 0.15) is 10.9 Å². The molecule has 0 bridgehead atoms. The summed E-state index contributed by atoms with van der Waals surface area (Å²) in [6.07, 6.45) is 0. The molecule has 1 unspecified atom stereocenters. The number of halogens is 1. The molecule has 8 heteroatoms. The Morgan fingerprint density at radius 1 is 1.12 bits per heavy atom. The molecule has 1 saturated heterocycles. The van der Waals surface area contributed by atoms with Crippen molar-refractivity contribution in [2.45, 2.75) is 10.3 Å². The maximum atomic E-state index is 13.1. The van der Waals surface area contributed by atoms with Crippen molar-refractivity contribution in [2.24, 2.45) is 0 Å². The molecule has 1 aliphatic heterocycles. The van der Waals surface area contributed by atoms with Crippen LogP contribution in [0.25, 0.3) is 0 Å². The van der Waals surface area contributed by atoms with E-state index in [1.165, 1.54) is 16.4 Å². The van der Waals surface area contributed by atoms with Gasteiger partial charge in [0, 0.05) is 22.9 Å². The van der Waals surface area contributed by atoms with Gasteiger partial charge in [-0.2, -0.15) is 4.31 Å². The number of rotatable bonds is 5. The van der Waals surface area contributed by atoms with Crippen molar-refractivity contribution < 1.29 is 17.9 Å². The first-order valence-corrected chi connectivity index (χ1v) is 10.4. The molecule has 2 aromatic rings. The van der Waals surface area contributed by atoms with Crippen LogP contribution in [-0.2, 0) is 10.0 Å². The zero-order chi connectivity index (χ0) is 18.0. The second-order valence-electron chi connectivity index (χ2n) is 5.40. The highest BCUT2D eigenvalue weighted by Gasteiger charge is 2.38. The quantitative estimate of drug-likeness (QED) is 0.765. The van der Waals surface area contributed by atoms with Crippen LogP contribution < -0.4 is 9.47 Å². The van der Waals surface area contributed by atoms with Crippen molar-refractivity contribution in [3.8, 4) is 11.5 Å². The lowest BCUT2D eigenvalue weighted by Gasteiger charge is -2.25. The maximum Gasteiger partial charge on any atom is 0.244 e. The van der Waals surface area contributed by atoms with Gasteiger partial charge in [-0.1, -0.05) is 11.6 Å². The average molecular weight is 400 g/mol. The highest BCUT2D eigenvalue weighted by Crippen LogP contribution is 2.45. The van der Waals surface area contributed by atoms with E-state index in [1.54, 1.807) is 50.2 Å². The van der Waals surface area contributed by atoms with Crippen LogP contribution in [0.3, 0.4) is 0 Å². The van der Waals surface area contributed by atoms with Crippen molar-refractivity contribution in [3.63, 3.8) is 0 Å². The van der Waals surface area contributed by atoms with E-state index in [9.17, 15) is 8.42 Å². The molecule has 2 aromatic carbocycles. The number of methoxy groups -OCH3 is 2. The summed E-state index contributed by atoms with van der Waals surface area (Å²) < 4.78 is 38.4. The molecule has 1 atom stereocenters. The Morgan fingerprint density at radius 3 is 2.48 bits per heavy atom. The molecule has 0 aliphatic carbocycles. The van der Waals surface area contributed by atoms with Gasteiger partial charge in [-0.3, -0.25) is 0 Å². The standard InChI is InChI=1S/C17H18ClNO4S2/c1-22-13-5-8-16(23-2)15(11-13)17-19(9-10-24-17)25(20,21)14-6-3-12(18)4-7-14/h3-8,11,17H,9-10H2,1-2H3. The molecule has 1 aliphatic rings. The van der Waals surface area contributed by atoms with E-state index in [0.717, 1.165) is 5.56 Å². The molecule has 0 aromatic heterocycles. The minimum Gasteiger partial charge on any atom is -0.497 e. The monoisotopic (exact) mass is 399 g/mol. The molecule has 5 nitrogen and oxygen atoms in total. The lowest BCUT2D eigenvalue weighted by Crippen LogP contribution is -2.30. The van der Waals surface area contributed by atoms with Gasteiger partial charge < -0.3 is 9.47 Å². The third-order valence-corrected chi connectivity index (χ3v) is 7.48. The second-order valence-corrected chi connectivity index (χ2v) is 8.92. The van der Waals surface area contributed by atoms with E-state index in [4.69, 9.17) is 21.1 Å². The van der Waals surface area contributed by atoms with E-state index in [0.29, 0.717) is 28.8 Å². The Balaban J connectivity index is 2.02. The number of ether oxygens (including phenoxy) is 2. The fraction of sp³-hybridized carbons (Fsp3) is 0.294. The lowest BCUT2D eigenvalue weighted by molar-refractivity contribution is 0.382. The van der Waals surface area contributed by atoms with Crippen molar-refractivity contribution in [1.82, 2.24) is 4.31 Å². The third-order valence-electron chi connectivity index (χ3n) is 3.97. The largest absolute Gasteiger partial charge is 0.497 e. The zero-order valence-electron chi connectivity index (χ0n) is 13.8. The first-order valence-electron chi connectivity index (χ1n) is 7.58. The van der Waals surface area contributed by atoms with Crippen molar-refractivity contribution >= 4 is 33.4 Å². The summed E-state index contributed by atoms with van der Waals surface area (Å²) >= 11 is 7.44. The van der Waals surface area contributed by atoms with Gasteiger partial charge in [-0.15, -0.1) is 11.8 Å². The Bertz CT molecular complexity index is 855. The predicted molar refractivity (Wildman–Crippen MR) is 100 cm³/mol. The molecular weight excluding hydrogens is 382 g/mol. The summed E-state index contributed by atoms with van der Waals surface area (Å²) in [5.74, 6) is 2.00. The molecular formula is C17H18ClNO4S2. The molecule has 0 amide bonds. The molecule has 0 spiro atoms. The molecule has 0 radical (unpaired) electrons. The van der Waals surface area contributed by atoms with E-state index in [2.05, 4.69) is 0 Å². The van der Waals surface area contributed by atoms with Gasteiger partial charge in [0.05, 0.1) is 24.5 Å². The third kappa shape index (κ3) is 3.60. The van der Waals surface area contributed by atoms with Crippen molar-refractivity contribution in [1.29, 1.82) is 0 Å². The smallest absolute Gasteiger partial charge is 0.244 e. The van der Waals surface area contributed by atoms with Gasteiger partial charge in [0.1, 0.15) is 11.5 Å². The molecule has 1 heterocycles. The number of hydrogen-bond donors (Lipinski definition) is 0. The molecule has 0 N–H and O–H groups in total. The normalized spacial score (nSPS) is 18.3. The molecule has 1 fully saturated rings. The summed E-state index contributed by atoms with van der Waals surface area (Å²) in [5.41, 5.74) is 0.780. The van der Waals surface area contributed by atoms with E-state index < -0.39 is 10.0 Å². The van der Waals surface area contributed by atoms with Gasteiger partial charge in [0.25, 0.3) is 0 Å². The number of nitrogens with zero attached hydrogens (tertiary/aromatic N) is 1. The SMILES string of the molecule is COc1ccc(OC)c(C2SCCN2S(=O)(=O)c2ccc(Cl)cc2)c1. The van der Waals surface area contributed by atoms with Crippen LogP contribution >= 0.6 is 23.4 Å². The highest BCUT2D eigenvalue weighted by molar-refractivity contribution is 8.01. The Hall–Kier alpha value is -1.41. The maximum absolute atomic E-state index is 13.1. The lowest BCUT2D eigenvalue weighted by atomic mass is 10.2. The minimum atomic E-state index is -3.64. The first-order chi connectivity index (χ1) is 12.0. The van der Waals surface area contributed by atoms with E-state index in [1.807, 2.05) is 6.07 Å². The van der Waals surface area contributed by atoms with Crippen LogP contribution in [0, 0.1) is 0 Å². The summed E-state index contributed by atoms with van der Waals surface area (Å²) in [7, 11) is -0.488. The topological polar surface area (TPSA) is 55.8 Å². The molecule has 0 saturated carbocycles. The van der Waals surface area contributed by atoms with Crippen LogP contribution in [-0.4, -0.2) is 39.2 Å². The van der Waals surface area contributed by atoms with Crippen molar-refractivity contribution in [3.05, 3.63) is 53.1 Å². The highest BCUT2D eigenvalue weighted by atomic mass is 35.5. The van der Waals surface area contributed by atoms with E-state index in [-0.39, 0.29) is 10.3 Å². The van der Waals surface area contributed by atoms with Gasteiger partial charge >= 0.3 is 0 Å². The summed E-state index contributed by atoms with van der Waals surface area (Å²) in [6, 6.07) is 11.6. The number of hydrogen-bond acceptors (Lipinski definition) is 5. The Morgan fingerprint density at radius 2 is 1.84 bits per heavy atom. The number of sulfonamides is 1. The second kappa shape index (κ2) is 7.45. The number of benzene rings is 2. The summed E-state index contributed by atoms with van der Waals surface area (Å²) in [6.45, 7) is 0.431. The van der Waals surface area contributed by atoms with Crippen molar-refractivity contribution in [2.75, 3.05) is 26.5 Å². The van der Waals surface area contributed by atoms with Gasteiger partial charge in [-0.25, -0.2) is 8.42 Å². The Labute approximate surface area is 156 Å². The summed E-state index contributed by atoms with van der Waals surface area (Å²) in [5, 5.41) is 0.131. The van der Waals surface area contributed by atoms with Gasteiger partial charge in [0.2, 0.25) is 10.0 Å². The average Bonchev–Trinajstić information content (AvgIpc) is 3.12. The molecule has 134 valence electrons. The fourth-order valence-electron chi connectivity index (χ4n) is 2.72. The first kappa shape index (κ1) is 18.4. The fourth-order valence-corrected chi connectivity index (χ4v) is 6.09. The Kier molecular flexibility index (Phi) is 5.48. The predicted octanol–water partition coefficient (Wildman–Crippen LogP) is 3.79. The van der Waals surface area contributed by atoms with Crippen LogP contribution in [0.15, 0.2) is 47.4 Å². The molecule has 3 rings (SSSR count). The van der Waals surface area contributed by atoms with Gasteiger partial charge in [0.15, 0.2) is 0 Å². The van der Waals surface area contributed by atoms with Crippen LogP contribution in [0.2, 0.25) is 5.02 Å². The van der Waals surface area contributed by atoms with E-state index >= 15 is 0 Å². The van der Waals surface area contributed by atoms with Crippen LogP contribution in [0.5, 0.6) is 11.5 Å². The van der Waals surface area contributed by atoms with Crippen LogP contribution in [0.4, 0.5) is 0 Å². The number of thioether (sulfide) groups is 1. The molecule has 25 heavy (non-hydrogen) atoms. The van der Waals surface area contributed by atoms with Gasteiger partial charge in [-0.05, 0) is 42.5 Å². The summed E-state index contributed by atoms with van der Waals surface area (Å²) in [4.78, 5) is 0.228.